The van der Waals surface area contributed by atoms with Crippen molar-refractivity contribution in [3.05, 3.63) is 35.6 Å². The summed E-state index contributed by atoms with van der Waals surface area (Å²) in [6.45, 7) is 0. The lowest BCUT2D eigenvalue weighted by atomic mass is 10.2. The van der Waals surface area contributed by atoms with Gasteiger partial charge in [-0.1, -0.05) is 35.1 Å². The molecular weight excluding hydrogens is 310 g/mol. The van der Waals surface area contributed by atoms with Crippen LogP contribution >= 0.6 is 22.9 Å². The maximum Gasteiger partial charge on any atom is 0.182 e. The van der Waals surface area contributed by atoms with E-state index >= 15 is 0 Å². The summed E-state index contributed by atoms with van der Waals surface area (Å²) in [7, 11) is 0. The number of rotatable bonds is 2. The maximum atomic E-state index is 6.23. The number of nitrogens with one attached hydrogen (secondary N) is 1. The fourth-order valence-corrected chi connectivity index (χ4v) is 3.09. The van der Waals surface area contributed by atoms with Crippen molar-refractivity contribution in [2.75, 3.05) is 5.73 Å². The summed E-state index contributed by atoms with van der Waals surface area (Å²) in [6.07, 6.45) is 1.59. The minimum Gasteiger partial charge on any atom is -0.375 e. The van der Waals surface area contributed by atoms with E-state index in [1.807, 2.05) is 18.2 Å². The fourth-order valence-electron chi connectivity index (χ4n) is 2.10. The standard InChI is InChI=1S/C12H8ClN7S/c13-7-4-2-1-3-6(7)10-18-15-5-20(10)11-8-9(17-19-11)16-12(14)21-8/h1-5H,(H3,14,16,17,19). The highest BCUT2D eigenvalue weighted by molar-refractivity contribution is 7.22. The summed E-state index contributed by atoms with van der Waals surface area (Å²) in [4.78, 5) is 4.16. The molecule has 0 saturated carbocycles. The van der Waals surface area contributed by atoms with Crippen molar-refractivity contribution in [3.8, 4) is 17.2 Å². The van der Waals surface area contributed by atoms with Crippen molar-refractivity contribution in [3.63, 3.8) is 0 Å². The average molecular weight is 318 g/mol. The molecule has 9 heteroatoms. The quantitative estimate of drug-likeness (QED) is 0.592. The van der Waals surface area contributed by atoms with Crippen LogP contribution in [-0.2, 0) is 0 Å². The lowest BCUT2D eigenvalue weighted by Gasteiger charge is -2.04. The molecule has 0 atom stereocenters. The Morgan fingerprint density at radius 3 is 3.00 bits per heavy atom. The summed E-state index contributed by atoms with van der Waals surface area (Å²) in [5, 5.41) is 16.3. The highest BCUT2D eigenvalue weighted by Crippen LogP contribution is 2.31. The summed E-state index contributed by atoms with van der Waals surface area (Å²) < 4.78 is 2.61. The summed E-state index contributed by atoms with van der Waals surface area (Å²) in [5.41, 5.74) is 7.16. The van der Waals surface area contributed by atoms with Gasteiger partial charge < -0.3 is 5.73 Å². The molecule has 3 heterocycles. The Hall–Kier alpha value is -2.45. The van der Waals surface area contributed by atoms with Crippen LogP contribution in [0.15, 0.2) is 30.6 Å². The van der Waals surface area contributed by atoms with Crippen molar-refractivity contribution in [2.45, 2.75) is 0 Å². The van der Waals surface area contributed by atoms with Crippen molar-refractivity contribution in [1.29, 1.82) is 0 Å². The van der Waals surface area contributed by atoms with Crippen molar-refractivity contribution in [2.24, 2.45) is 0 Å². The van der Waals surface area contributed by atoms with Crippen LogP contribution in [0.4, 0.5) is 5.13 Å². The number of fused-ring (bicyclic) bond motifs is 1. The second-order valence-corrected chi connectivity index (χ2v) is 5.72. The lowest BCUT2D eigenvalue weighted by molar-refractivity contribution is 0.967. The molecule has 104 valence electrons. The molecule has 3 aromatic heterocycles. The maximum absolute atomic E-state index is 6.23. The predicted octanol–water partition coefficient (Wildman–Crippen LogP) is 2.50. The van der Waals surface area contributed by atoms with Crippen LogP contribution in [-0.4, -0.2) is 29.9 Å². The van der Waals surface area contributed by atoms with E-state index < -0.39 is 0 Å². The number of nitrogen functional groups attached to an aromatic ring is 1. The average Bonchev–Trinajstić information content (AvgIpc) is 3.14. The van der Waals surface area contributed by atoms with E-state index in [1.54, 1.807) is 17.0 Å². The summed E-state index contributed by atoms with van der Waals surface area (Å²) >= 11 is 7.59. The number of hydrogen-bond donors (Lipinski definition) is 2. The van der Waals surface area contributed by atoms with Crippen LogP contribution < -0.4 is 5.73 Å². The van der Waals surface area contributed by atoms with Gasteiger partial charge >= 0.3 is 0 Å². The minimum absolute atomic E-state index is 0.479. The molecule has 4 rings (SSSR count). The van der Waals surface area contributed by atoms with Crippen molar-refractivity contribution < 1.29 is 0 Å². The van der Waals surface area contributed by atoms with Gasteiger partial charge in [0.05, 0.1) is 5.02 Å². The van der Waals surface area contributed by atoms with Gasteiger partial charge in [0.2, 0.25) is 0 Å². The number of nitrogens with zero attached hydrogens (tertiary/aromatic N) is 5. The van der Waals surface area contributed by atoms with Gasteiger partial charge in [0.1, 0.15) is 11.0 Å². The molecule has 0 radical (unpaired) electrons. The molecule has 7 nitrogen and oxygen atoms in total. The van der Waals surface area contributed by atoms with E-state index in [0.717, 1.165) is 10.3 Å². The molecular formula is C12H8ClN7S. The van der Waals surface area contributed by atoms with Gasteiger partial charge in [-0.2, -0.15) is 5.10 Å². The molecule has 0 bridgehead atoms. The van der Waals surface area contributed by atoms with E-state index in [-0.39, 0.29) is 0 Å². The molecule has 0 spiro atoms. The van der Waals surface area contributed by atoms with Crippen LogP contribution in [0.25, 0.3) is 27.6 Å². The van der Waals surface area contributed by atoms with Crippen molar-refractivity contribution >= 4 is 38.4 Å². The summed E-state index contributed by atoms with van der Waals surface area (Å²) in [6, 6.07) is 7.45. The Labute approximate surface area is 127 Å². The van der Waals surface area contributed by atoms with Gasteiger partial charge in [0.15, 0.2) is 22.4 Å². The van der Waals surface area contributed by atoms with Crippen LogP contribution in [0.3, 0.4) is 0 Å². The Morgan fingerprint density at radius 1 is 1.29 bits per heavy atom. The molecule has 0 aliphatic heterocycles. The van der Waals surface area contributed by atoms with Crippen LogP contribution in [0, 0.1) is 0 Å². The number of nitrogens with two attached hydrogens (primary N) is 1. The largest absolute Gasteiger partial charge is 0.375 e. The fraction of sp³-hybridized carbons (Fsp3) is 0. The Morgan fingerprint density at radius 2 is 2.14 bits per heavy atom. The number of halogens is 1. The first-order valence-corrected chi connectivity index (χ1v) is 7.19. The third kappa shape index (κ3) is 1.88. The number of aromatic nitrogens is 6. The first kappa shape index (κ1) is 12.3. The normalized spacial score (nSPS) is 11.3. The first-order valence-electron chi connectivity index (χ1n) is 5.99. The number of benzene rings is 1. The van der Waals surface area contributed by atoms with Crippen LogP contribution in [0.1, 0.15) is 0 Å². The number of anilines is 1. The van der Waals surface area contributed by atoms with Gasteiger partial charge in [-0.15, -0.1) is 10.2 Å². The highest BCUT2D eigenvalue weighted by atomic mass is 35.5. The molecule has 0 aliphatic rings. The zero-order chi connectivity index (χ0) is 14.4. The van der Waals surface area contributed by atoms with Gasteiger partial charge in [0, 0.05) is 5.56 Å². The predicted molar refractivity (Wildman–Crippen MR) is 81.5 cm³/mol. The van der Waals surface area contributed by atoms with Gasteiger partial charge in [0.25, 0.3) is 0 Å². The molecule has 4 aromatic rings. The van der Waals surface area contributed by atoms with Gasteiger partial charge in [-0.05, 0) is 12.1 Å². The van der Waals surface area contributed by atoms with E-state index in [9.17, 15) is 0 Å². The molecule has 0 aliphatic carbocycles. The van der Waals surface area contributed by atoms with Gasteiger partial charge in [-0.3, -0.25) is 9.67 Å². The number of aromatic amines is 1. The summed E-state index contributed by atoms with van der Waals surface area (Å²) in [5.74, 6) is 1.26. The minimum atomic E-state index is 0.479. The zero-order valence-corrected chi connectivity index (χ0v) is 12.1. The number of H-pyrrole nitrogens is 1. The zero-order valence-electron chi connectivity index (χ0n) is 10.5. The second kappa shape index (κ2) is 4.54. The topological polar surface area (TPSA) is 98.3 Å². The van der Waals surface area contributed by atoms with E-state index in [1.165, 1.54) is 11.3 Å². The van der Waals surface area contributed by atoms with E-state index in [0.29, 0.717) is 27.4 Å². The Balaban J connectivity index is 1.95. The monoisotopic (exact) mass is 317 g/mol. The molecule has 21 heavy (non-hydrogen) atoms. The molecule has 0 fully saturated rings. The van der Waals surface area contributed by atoms with Crippen LogP contribution in [0.5, 0.6) is 0 Å². The smallest absolute Gasteiger partial charge is 0.182 e. The Bertz CT molecular complexity index is 938. The molecule has 0 unspecified atom stereocenters. The van der Waals surface area contributed by atoms with Crippen molar-refractivity contribution in [1.82, 2.24) is 29.9 Å². The molecule has 0 saturated heterocycles. The lowest BCUT2D eigenvalue weighted by Crippen LogP contribution is -1.97. The second-order valence-electron chi connectivity index (χ2n) is 4.28. The molecule has 3 N–H and O–H groups in total. The van der Waals surface area contributed by atoms with Gasteiger partial charge in [-0.25, -0.2) is 4.98 Å². The van der Waals surface area contributed by atoms with Crippen LogP contribution in [0.2, 0.25) is 5.02 Å². The Kier molecular flexibility index (Phi) is 2.66. The number of hydrogen-bond acceptors (Lipinski definition) is 6. The van der Waals surface area contributed by atoms with E-state index in [2.05, 4.69) is 25.4 Å². The highest BCUT2D eigenvalue weighted by Gasteiger charge is 2.18. The first-order chi connectivity index (χ1) is 10.2. The van der Waals surface area contributed by atoms with E-state index in [4.69, 9.17) is 17.3 Å². The third-order valence-corrected chi connectivity index (χ3v) is 4.22. The SMILES string of the molecule is Nc1nc2[nH]nc(-n3cnnc3-c3ccccc3Cl)c2s1. The number of thiazole rings is 1. The third-order valence-electron chi connectivity index (χ3n) is 3.01. The molecule has 0 amide bonds. The molecule has 1 aromatic carbocycles.